The molecule has 4 nitrogen and oxygen atoms in total. The van der Waals surface area contributed by atoms with Gasteiger partial charge in [0.05, 0.1) is 11.7 Å². The van der Waals surface area contributed by atoms with Gasteiger partial charge in [-0.3, -0.25) is 0 Å². The summed E-state index contributed by atoms with van der Waals surface area (Å²) in [6.07, 6.45) is 1.15. The molecule has 2 aliphatic heterocycles. The summed E-state index contributed by atoms with van der Waals surface area (Å²) in [5, 5.41) is 24.3. The Labute approximate surface area is 119 Å². The number of rotatable bonds is 1. The Kier molecular flexibility index (Phi) is 3.19. The minimum atomic E-state index is -0.999. The largest absolute Gasteiger partial charge is 0.492 e. The van der Waals surface area contributed by atoms with Gasteiger partial charge in [-0.25, -0.2) is 0 Å². The van der Waals surface area contributed by atoms with Gasteiger partial charge in [-0.15, -0.1) is 0 Å². The highest BCUT2D eigenvalue weighted by Crippen LogP contribution is 2.47. The molecule has 0 aliphatic carbocycles. The monoisotopic (exact) mass is 272 g/mol. The van der Waals surface area contributed by atoms with Crippen molar-refractivity contribution in [1.29, 1.82) is 5.26 Å². The minimum Gasteiger partial charge on any atom is -0.492 e. The van der Waals surface area contributed by atoms with E-state index in [0.29, 0.717) is 12.8 Å². The van der Waals surface area contributed by atoms with Gasteiger partial charge in [-0.05, 0) is 30.5 Å². The molecule has 1 fully saturated rings. The lowest BCUT2D eigenvalue weighted by Crippen LogP contribution is -2.62. The zero-order chi connectivity index (χ0) is 14.2. The number of aliphatic hydroxyl groups is 1. The van der Waals surface area contributed by atoms with Crippen LogP contribution >= 0.6 is 0 Å². The molecule has 3 unspecified atom stereocenters. The van der Waals surface area contributed by atoms with Crippen LogP contribution in [0.4, 0.5) is 0 Å². The van der Waals surface area contributed by atoms with E-state index in [-0.39, 0.29) is 12.5 Å². The summed E-state index contributed by atoms with van der Waals surface area (Å²) < 4.78 is 5.79. The Bertz CT molecular complexity index is 554. The van der Waals surface area contributed by atoms with Crippen LogP contribution in [-0.4, -0.2) is 30.4 Å². The third kappa shape index (κ3) is 1.81. The van der Waals surface area contributed by atoms with Crippen molar-refractivity contribution in [1.82, 2.24) is 5.32 Å². The van der Waals surface area contributed by atoms with E-state index in [2.05, 4.69) is 11.4 Å². The summed E-state index contributed by atoms with van der Waals surface area (Å²) in [6, 6.07) is 10.2. The molecule has 0 spiro atoms. The molecule has 0 aromatic heterocycles. The first-order valence-corrected chi connectivity index (χ1v) is 7.16. The molecule has 0 bridgehead atoms. The number of ether oxygens (including phenoxy) is 1. The van der Waals surface area contributed by atoms with Crippen molar-refractivity contribution in [3.8, 4) is 11.8 Å². The molecule has 0 amide bonds. The Hall–Kier alpha value is -1.57. The number of piperidine rings is 1. The predicted octanol–water partition coefficient (Wildman–Crippen LogP) is 1.49. The number of hydrogen-bond donors (Lipinski definition) is 2. The van der Waals surface area contributed by atoms with E-state index in [1.165, 1.54) is 0 Å². The number of para-hydroxylation sites is 1. The molecule has 0 radical (unpaired) electrons. The fourth-order valence-corrected chi connectivity index (χ4v) is 3.54. The smallest absolute Gasteiger partial charge is 0.124 e. The van der Waals surface area contributed by atoms with Crippen LogP contribution in [0.1, 0.15) is 18.9 Å². The first-order chi connectivity index (χ1) is 9.61. The van der Waals surface area contributed by atoms with Crippen molar-refractivity contribution >= 4 is 0 Å². The maximum atomic E-state index is 11.2. The van der Waals surface area contributed by atoms with Crippen LogP contribution in [-0.2, 0) is 6.42 Å². The van der Waals surface area contributed by atoms with Gasteiger partial charge in [0.2, 0.25) is 0 Å². The van der Waals surface area contributed by atoms with Gasteiger partial charge in [0, 0.05) is 13.0 Å². The standard InChI is InChI=1S/C16H20N2O2/c1-12-9-18-7-6-16(12,19)15(10-17)8-13-4-2-3-5-14(13)20-11-15/h2-5,12,18-19H,6-9,11H2,1H3. The van der Waals surface area contributed by atoms with Gasteiger partial charge in [0.15, 0.2) is 0 Å². The first kappa shape index (κ1) is 13.4. The maximum Gasteiger partial charge on any atom is 0.124 e. The summed E-state index contributed by atoms with van der Waals surface area (Å²) >= 11 is 0. The zero-order valence-corrected chi connectivity index (χ0v) is 11.7. The zero-order valence-electron chi connectivity index (χ0n) is 11.7. The molecule has 4 heteroatoms. The quantitative estimate of drug-likeness (QED) is 0.813. The number of fused-ring (bicyclic) bond motifs is 1. The van der Waals surface area contributed by atoms with Crippen LogP contribution in [0.25, 0.3) is 0 Å². The normalized spacial score (nSPS) is 36.5. The van der Waals surface area contributed by atoms with E-state index < -0.39 is 11.0 Å². The molecular weight excluding hydrogens is 252 g/mol. The fraction of sp³-hybridized carbons (Fsp3) is 0.562. The first-order valence-electron chi connectivity index (χ1n) is 7.16. The Morgan fingerprint density at radius 2 is 2.25 bits per heavy atom. The highest BCUT2D eigenvalue weighted by molar-refractivity contribution is 5.39. The van der Waals surface area contributed by atoms with E-state index in [9.17, 15) is 10.4 Å². The molecule has 2 heterocycles. The van der Waals surface area contributed by atoms with E-state index in [4.69, 9.17) is 4.74 Å². The SMILES string of the molecule is CC1CNCCC1(O)C1(C#N)COc2ccccc2C1. The van der Waals surface area contributed by atoms with Crippen LogP contribution < -0.4 is 10.1 Å². The summed E-state index contributed by atoms with van der Waals surface area (Å²) in [5.74, 6) is 0.869. The summed E-state index contributed by atoms with van der Waals surface area (Å²) in [7, 11) is 0. The van der Waals surface area contributed by atoms with E-state index >= 15 is 0 Å². The van der Waals surface area contributed by atoms with E-state index in [1.807, 2.05) is 31.2 Å². The van der Waals surface area contributed by atoms with Gasteiger partial charge in [0.1, 0.15) is 17.8 Å². The molecule has 3 rings (SSSR count). The molecule has 3 atom stereocenters. The molecule has 2 N–H and O–H groups in total. The van der Waals surface area contributed by atoms with Crippen molar-refractivity contribution in [3.63, 3.8) is 0 Å². The minimum absolute atomic E-state index is 0.0322. The van der Waals surface area contributed by atoms with Crippen molar-refractivity contribution in [3.05, 3.63) is 29.8 Å². The fourth-order valence-electron chi connectivity index (χ4n) is 3.54. The molecule has 1 aromatic rings. The highest BCUT2D eigenvalue weighted by atomic mass is 16.5. The summed E-state index contributed by atoms with van der Waals surface area (Å²) in [4.78, 5) is 0. The number of hydrogen-bond acceptors (Lipinski definition) is 4. The van der Waals surface area contributed by atoms with E-state index in [0.717, 1.165) is 24.4 Å². The lowest BCUT2D eigenvalue weighted by atomic mass is 9.61. The molecule has 106 valence electrons. The average Bonchev–Trinajstić information content (AvgIpc) is 2.49. The molecule has 1 aromatic carbocycles. The van der Waals surface area contributed by atoms with Crippen molar-refractivity contribution in [2.75, 3.05) is 19.7 Å². The van der Waals surface area contributed by atoms with Crippen LogP contribution in [0.3, 0.4) is 0 Å². The van der Waals surface area contributed by atoms with Gasteiger partial charge < -0.3 is 15.2 Å². The van der Waals surface area contributed by atoms with Crippen LogP contribution in [0.5, 0.6) is 5.75 Å². The Morgan fingerprint density at radius 3 is 3.00 bits per heavy atom. The average molecular weight is 272 g/mol. The lowest BCUT2D eigenvalue weighted by Gasteiger charge is -2.50. The Morgan fingerprint density at radius 1 is 1.45 bits per heavy atom. The number of nitrogens with one attached hydrogen (secondary N) is 1. The molecular formula is C16H20N2O2. The topological polar surface area (TPSA) is 65.3 Å². The third-order valence-corrected chi connectivity index (χ3v) is 4.93. The molecule has 0 saturated carbocycles. The third-order valence-electron chi connectivity index (χ3n) is 4.93. The predicted molar refractivity (Wildman–Crippen MR) is 75.3 cm³/mol. The van der Waals surface area contributed by atoms with Crippen molar-refractivity contribution in [2.45, 2.75) is 25.4 Å². The van der Waals surface area contributed by atoms with Crippen LogP contribution in [0, 0.1) is 22.7 Å². The number of benzene rings is 1. The second-order valence-electron chi connectivity index (χ2n) is 6.05. The van der Waals surface area contributed by atoms with Crippen LogP contribution in [0.2, 0.25) is 0 Å². The second-order valence-corrected chi connectivity index (χ2v) is 6.05. The summed E-state index contributed by atoms with van der Waals surface area (Å²) in [6.45, 7) is 3.75. The van der Waals surface area contributed by atoms with Gasteiger partial charge in [-0.2, -0.15) is 5.26 Å². The van der Waals surface area contributed by atoms with Crippen LogP contribution in [0.15, 0.2) is 24.3 Å². The maximum absolute atomic E-state index is 11.2. The number of nitrogens with zero attached hydrogens (tertiary/aromatic N) is 1. The molecule has 1 saturated heterocycles. The Balaban J connectivity index is 2.00. The van der Waals surface area contributed by atoms with E-state index in [1.54, 1.807) is 0 Å². The lowest BCUT2D eigenvalue weighted by molar-refractivity contribution is -0.130. The summed E-state index contributed by atoms with van der Waals surface area (Å²) in [5.41, 5.74) is -0.844. The van der Waals surface area contributed by atoms with Gasteiger partial charge in [-0.1, -0.05) is 25.1 Å². The van der Waals surface area contributed by atoms with Crippen molar-refractivity contribution < 1.29 is 9.84 Å². The number of nitriles is 1. The van der Waals surface area contributed by atoms with Gasteiger partial charge >= 0.3 is 0 Å². The molecule has 2 aliphatic rings. The molecule has 20 heavy (non-hydrogen) atoms. The van der Waals surface area contributed by atoms with Gasteiger partial charge in [0.25, 0.3) is 0 Å². The second kappa shape index (κ2) is 4.76. The van der Waals surface area contributed by atoms with Crippen molar-refractivity contribution in [2.24, 2.45) is 11.3 Å². The highest BCUT2D eigenvalue weighted by Gasteiger charge is 2.56.